The molecule has 1 aromatic carbocycles. The summed E-state index contributed by atoms with van der Waals surface area (Å²) in [6.07, 6.45) is 0. The standard InChI is InChI=1S/C17H28N4O/c1-13(2)10-18-17(20-12-16(22)21(4)5)19-11-15-8-6-7-14(3)9-15/h6-9,13H,10-12H2,1-5H3,(H2,18,19,20). The second kappa shape index (κ2) is 9.07. The van der Waals surface area contributed by atoms with Crippen LogP contribution in [0.25, 0.3) is 0 Å². The summed E-state index contributed by atoms with van der Waals surface area (Å²) in [6.45, 7) is 7.98. The van der Waals surface area contributed by atoms with E-state index in [-0.39, 0.29) is 12.5 Å². The van der Waals surface area contributed by atoms with Gasteiger partial charge in [0.1, 0.15) is 0 Å². The van der Waals surface area contributed by atoms with Crippen LogP contribution in [0, 0.1) is 12.8 Å². The van der Waals surface area contributed by atoms with Crippen LogP contribution in [0.5, 0.6) is 0 Å². The van der Waals surface area contributed by atoms with Crippen LogP contribution in [0.4, 0.5) is 0 Å². The highest BCUT2D eigenvalue weighted by molar-refractivity contribution is 5.86. The van der Waals surface area contributed by atoms with Crippen molar-refractivity contribution in [2.45, 2.75) is 27.3 Å². The Bertz CT molecular complexity index is 509. The van der Waals surface area contributed by atoms with Crippen molar-refractivity contribution in [3.05, 3.63) is 35.4 Å². The highest BCUT2D eigenvalue weighted by Crippen LogP contribution is 2.05. The molecule has 122 valence electrons. The summed E-state index contributed by atoms with van der Waals surface area (Å²) in [4.78, 5) is 17.8. The second-order valence-corrected chi connectivity index (χ2v) is 6.07. The van der Waals surface area contributed by atoms with Crippen molar-refractivity contribution < 1.29 is 4.79 Å². The minimum atomic E-state index is 0.0228. The van der Waals surface area contributed by atoms with Gasteiger partial charge in [-0.25, -0.2) is 4.99 Å². The highest BCUT2D eigenvalue weighted by Gasteiger charge is 2.06. The van der Waals surface area contributed by atoms with Gasteiger partial charge in [0.05, 0.1) is 13.1 Å². The fraction of sp³-hybridized carbons (Fsp3) is 0.529. The number of hydrogen-bond donors (Lipinski definition) is 2. The first-order valence-corrected chi connectivity index (χ1v) is 7.66. The van der Waals surface area contributed by atoms with Crippen molar-refractivity contribution in [2.75, 3.05) is 27.2 Å². The normalized spacial score (nSPS) is 11.5. The minimum absolute atomic E-state index is 0.0228. The quantitative estimate of drug-likeness (QED) is 0.622. The molecular formula is C17H28N4O. The van der Waals surface area contributed by atoms with E-state index in [4.69, 9.17) is 0 Å². The van der Waals surface area contributed by atoms with Crippen LogP contribution >= 0.6 is 0 Å². The van der Waals surface area contributed by atoms with Crippen molar-refractivity contribution in [1.29, 1.82) is 0 Å². The van der Waals surface area contributed by atoms with Gasteiger partial charge in [0.15, 0.2) is 5.96 Å². The van der Waals surface area contributed by atoms with Crippen LogP contribution in [0.1, 0.15) is 25.0 Å². The molecule has 0 saturated carbocycles. The van der Waals surface area contributed by atoms with Crippen LogP contribution in [0.15, 0.2) is 29.3 Å². The van der Waals surface area contributed by atoms with E-state index in [0.29, 0.717) is 18.4 Å². The molecule has 0 spiro atoms. The van der Waals surface area contributed by atoms with E-state index in [9.17, 15) is 4.79 Å². The molecule has 0 atom stereocenters. The lowest BCUT2D eigenvalue weighted by atomic mass is 10.1. The molecule has 2 N–H and O–H groups in total. The van der Waals surface area contributed by atoms with Crippen LogP contribution in [-0.2, 0) is 11.3 Å². The van der Waals surface area contributed by atoms with Gasteiger partial charge in [-0.3, -0.25) is 4.79 Å². The second-order valence-electron chi connectivity index (χ2n) is 6.07. The number of aliphatic imine (C=N–C) groups is 1. The first kappa shape index (κ1) is 18.0. The molecule has 0 unspecified atom stereocenters. The van der Waals surface area contributed by atoms with Gasteiger partial charge < -0.3 is 15.5 Å². The largest absolute Gasteiger partial charge is 0.356 e. The number of carbonyl (C=O) groups excluding carboxylic acids is 1. The van der Waals surface area contributed by atoms with Crippen molar-refractivity contribution in [3.63, 3.8) is 0 Å². The summed E-state index contributed by atoms with van der Waals surface area (Å²) in [7, 11) is 3.49. The maximum Gasteiger partial charge on any atom is 0.241 e. The van der Waals surface area contributed by atoms with E-state index in [0.717, 1.165) is 12.1 Å². The monoisotopic (exact) mass is 304 g/mol. The van der Waals surface area contributed by atoms with E-state index in [1.165, 1.54) is 5.56 Å². The maximum absolute atomic E-state index is 11.7. The van der Waals surface area contributed by atoms with E-state index in [1.807, 2.05) is 6.07 Å². The zero-order chi connectivity index (χ0) is 16.5. The average molecular weight is 304 g/mol. The summed E-state index contributed by atoms with van der Waals surface area (Å²) < 4.78 is 0. The molecule has 5 nitrogen and oxygen atoms in total. The van der Waals surface area contributed by atoms with Gasteiger partial charge in [-0.15, -0.1) is 0 Å². The maximum atomic E-state index is 11.7. The molecule has 0 aromatic heterocycles. The van der Waals surface area contributed by atoms with Gasteiger partial charge in [-0.05, 0) is 18.4 Å². The molecule has 0 heterocycles. The number of hydrogen-bond acceptors (Lipinski definition) is 2. The Morgan fingerprint density at radius 1 is 1.27 bits per heavy atom. The Morgan fingerprint density at radius 3 is 2.59 bits per heavy atom. The van der Waals surface area contributed by atoms with Crippen molar-refractivity contribution >= 4 is 11.9 Å². The molecule has 0 aliphatic rings. The predicted octanol–water partition coefficient (Wildman–Crippen LogP) is 1.77. The third kappa shape index (κ3) is 7.11. The number of carbonyl (C=O) groups is 1. The van der Waals surface area contributed by atoms with Gasteiger partial charge in [0.25, 0.3) is 0 Å². The first-order chi connectivity index (χ1) is 10.4. The molecular weight excluding hydrogens is 276 g/mol. The Hall–Kier alpha value is -2.04. The molecule has 0 bridgehead atoms. The van der Waals surface area contributed by atoms with Crippen molar-refractivity contribution in [2.24, 2.45) is 10.9 Å². The molecule has 0 radical (unpaired) electrons. The summed E-state index contributed by atoms with van der Waals surface area (Å²) >= 11 is 0. The van der Waals surface area contributed by atoms with Crippen LogP contribution in [-0.4, -0.2) is 44.0 Å². The van der Waals surface area contributed by atoms with Gasteiger partial charge >= 0.3 is 0 Å². The summed E-state index contributed by atoms with van der Waals surface area (Å²) in [6, 6.07) is 8.28. The topological polar surface area (TPSA) is 56.7 Å². The Morgan fingerprint density at radius 2 is 2.00 bits per heavy atom. The fourth-order valence-electron chi connectivity index (χ4n) is 1.77. The van der Waals surface area contributed by atoms with Crippen molar-refractivity contribution in [3.8, 4) is 0 Å². The Balaban J connectivity index is 2.66. The third-order valence-electron chi connectivity index (χ3n) is 3.09. The summed E-state index contributed by atoms with van der Waals surface area (Å²) in [5.74, 6) is 1.20. The molecule has 0 aliphatic heterocycles. The lowest BCUT2D eigenvalue weighted by Gasteiger charge is -2.16. The van der Waals surface area contributed by atoms with Crippen molar-refractivity contribution in [1.82, 2.24) is 15.5 Å². The van der Waals surface area contributed by atoms with Crippen LogP contribution < -0.4 is 10.6 Å². The van der Waals surface area contributed by atoms with E-state index in [1.54, 1.807) is 19.0 Å². The number of nitrogens with zero attached hydrogens (tertiary/aromatic N) is 2. The number of benzene rings is 1. The van der Waals surface area contributed by atoms with E-state index in [2.05, 4.69) is 54.6 Å². The highest BCUT2D eigenvalue weighted by atomic mass is 16.2. The van der Waals surface area contributed by atoms with Gasteiger partial charge in [-0.2, -0.15) is 0 Å². The Kier molecular flexibility index (Phi) is 7.43. The lowest BCUT2D eigenvalue weighted by molar-refractivity contribution is -0.127. The number of guanidine groups is 1. The fourth-order valence-corrected chi connectivity index (χ4v) is 1.77. The molecule has 0 fully saturated rings. The number of amides is 1. The lowest BCUT2D eigenvalue weighted by Crippen LogP contribution is -2.44. The number of likely N-dealkylation sites (N-methyl/N-ethyl adjacent to an activating group) is 1. The summed E-state index contributed by atoms with van der Waals surface area (Å²) in [5, 5.41) is 6.36. The molecule has 0 saturated heterocycles. The number of aryl methyl sites for hydroxylation is 1. The van der Waals surface area contributed by atoms with E-state index >= 15 is 0 Å². The minimum Gasteiger partial charge on any atom is -0.356 e. The average Bonchev–Trinajstić information content (AvgIpc) is 2.45. The number of rotatable bonds is 6. The predicted molar refractivity (Wildman–Crippen MR) is 91.9 cm³/mol. The van der Waals surface area contributed by atoms with Crippen LogP contribution in [0.2, 0.25) is 0 Å². The zero-order valence-electron chi connectivity index (χ0n) is 14.3. The third-order valence-corrected chi connectivity index (χ3v) is 3.09. The van der Waals surface area contributed by atoms with E-state index < -0.39 is 0 Å². The number of nitrogens with one attached hydrogen (secondary N) is 2. The molecule has 1 amide bonds. The molecule has 1 aromatic rings. The molecule has 22 heavy (non-hydrogen) atoms. The van der Waals surface area contributed by atoms with Crippen LogP contribution in [0.3, 0.4) is 0 Å². The molecule has 1 rings (SSSR count). The van der Waals surface area contributed by atoms with Gasteiger partial charge in [0, 0.05) is 20.6 Å². The zero-order valence-corrected chi connectivity index (χ0v) is 14.3. The molecule has 5 heteroatoms. The smallest absolute Gasteiger partial charge is 0.241 e. The molecule has 0 aliphatic carbocycles. The Labute approximate surface area is 133 Å². The van der Waals surface area contributed by atoms with Gasteiger partial charge in [0.2, 0.25) is 5.91 Å². The van der Waals surface area contributed by atoms with Gasteiger partial charge in [-0.1, -0.05) is 43.7 Å². The summed E-state index contributed by atoms with van der Waals surface area (Å²) in [5.41, 5.74) is 2.38. The SMILES string of the molecule is Cc1cccc(CN=C(NCC(=O)N(C)C)NCC(C)C)c1. The first-order valence-electron chi connectivity index (χ1n) is 7.66.